The van der Waals surface area contributed by atoms with Gasteiger partial charge in [0, 0.05) is 22.9 Å². The van der Waals surface area contributed by atoms with Gasteiger partial charge < -0.3 is 0 Å². The van der Waals surface area contributed by atoms with Crippen LogP contribution < -0.4 is 10.0 Å². The van der Waals surface area contributed by atoms with Gasteiger partial charge in [-0.2, -0.15) is 10.0 Å². The van der Waals surface area contributed by atoms with Gasteiger partial charge in [-0.1, -0.05) is 96.1 Å². The fourth-order valence-electron chi connectivity index (χ4n) is 5.04. The number of aryl methyl sites for hydroxylation is 2. The Kier molecular flexibility index (Phi) is 5.73. The number of fused-ring (bicyclic) bond motifs is 2. The molecule has 0 saturated carbocycles. The van der Waals surface area contributed by atoms with Crippen LogP contribution in [0, 0.1) is 13.8 Å². The minimum Gasteiger partial charge on any atom is -0.184 e. The van der Waals surface area contributed by atoms with Gasteiger partial charge in [-0.15, -0.1) is 0 Å². The molecule has 0 saturated heterocycles. The van der Waals surface area contributed by atoms with Crippen molar-refractivity contribution in [3.05, 3.63) is 145 Å². The molecule has 0 fully saturated rings. The van der Waals surface area contributed by atoms with Gasteiger partial charge in [-0.05, 0) is 61.0 Å². The first-order valence-corrected chi connectivity index (χ1v) is 12.5. The lowest BCUT2D eigenvalue weighted by Crippen LogP contribution is -3.09. The van der Waals surface area contributed by atoms with Crippen molar-refractivity contribution >= 4 is 44.3 Å². The molecule has 174 valence electrons. The highest BCUT2D eigenvalue weighted by molar-refractivity contribution is 5.94. The number of nitrogens with one attached hydrogen (secondary N) is 1. The standard InChI is InChI=1S/C34H28N2/c1-25-17-21-29(22-18-25)35(30-23-19-26(2)20-24-30)36(33-15-7-11-27-9-3-5-13-31(27)33)34-16-8-12-28-10-4-6-14-32(28)34/h3-24H,1-2H3/p+1. The highest BCUT2D eigenvalue weighted by Gasteiger charge is 2.30. The average molecular weight is 466 g/mol. The van der Waals surface area contributed by atoms with E-state index in [2.05, 4.69) is 152 Å². The number of rotatable bonds is 5. The molecule has 0 aromatic heterocycles. The summed E-state index contributed by atoms with van der Waals surface area (Å²) in [6.45, 7) is 4.28. The summed E-state index contributed by atoms with van der Waals surface area (Å²) in [7, 11) is 0. The number of nitrogens with zero attached hydrogens (tertiary/aromatic N) is 1. The van der Waals surface area contributed by atoms with Gasteiger partial charge in [-0.3, -0.25) is 0 Å². The van der Waals surface area contributed by atoms with Gasteiger partial charge in [0.1, 0.15) is 0 Å². The molecule has 0 aliphatic carbocycles. The SMILES string of the molecule is Cc1ccc(N(c2ccc(C)cc2)[NH+](c2cccc3ccccc23)c2cccc3ccccc23)cc1. The predicted molar refractivity (Wildman–Crippen MR) is 153 cm³/mol. The van der Waals surface area contributed by atoms with Crippen molar-refractivity contribution in [1.82, 2.24) is 0 Å². The quantitative estimate of drug-likeness (QED) is 0.252. The summed E-state index contributed by atoms with van der Waals surface area (Å²) in [5.41, 5.74) is 7.20. The number of benzene rings is 6. The van der Waals surface area contributed by atoms with Crippen molar-refractivity contribution < 1.29 is 5.01 Å². The van der Waals surface area contributed by atoms with E-state index < -0.39 is 0 Å². The molecule has 6 aromatic rings. The van der Waals surface area contributed by atoms with E-state index in [1.807, 2.05) is 0 Å². The molecule has 1 N–H and O–H groups in total. The van der Waals surface area contributed by atoms with E-state index in [4.69, 9.17) is 0 Å². The second-order valence-electron chi connectivity index (χ2n) is 9.41. The number of quaternary nitrogens is 1. The van der Waals surface area contributed by atoms with Gasteiger partial charge in [0.05, 0.1) is 11.4 Å². The smallest absolute Gasteiger partial charge is 0.169 e. The molecule has 2 nitrogen and oxygen atoms in total. The second kappa shape index (κ2) is 9.33. The molecule has 0 spiro atoms. The largest absolute Gasteiger partial charge is 0.184 e. The molecule has 2 heteroatoms. The van der Waals surface area contributed by atoms with E-state index in [0.717, 1.165) is 11.4 Å². The van der Waals surface area contributed by atoms with E-state index in [1.54, 1.807) is 0 Å². The Morgan fingerprint density at radius 2 is 0.806 bits per heavy atom. The van der Waals surface area contributed by atoms with Crippen molar-refractivity contribution in [1.29, 1.82) is 0 Å². The molecular formula is C34H29N2+. The maximum atomic E-state index is 2.42. The first-order chi connectivity index (χ1) is 17.7. The maximum absolute atomic E-state index is 2.42. The van der Waals surface area contributed by atoms with Crippen molar-refractivity contribution in [3.8, 4) is 0 Å². The molecule has 0 aliphatic heterocycles. The minimum absolute atomic E-state index is 1.14. The third-order valence-corrected chi connectivity index (χ3v) is 6.90. The van der Waals surface area contributed by atoms with Gasteiger partial charge in [0.2, 0.25) is 0 Å². The lowest BCUT2D eigenvalue weighted by atomic mass is 10.1. The van der Waals surface area contributed by atoms with E-state index in [9.17, 15) is 0 Å². The second-order valence-corrected chi connectivity index (χ2v) is 9.41. The molecule has 0 heterocycles. The Balaban J connectivity index is 1.70. The zero-order valence-electron chi connectivity index (χ0n) is 20.6. The highest BCUT2D eigenvalue weighted by Crippen LogP contribution is 2.31. The molecule has 0 amide bonds. The molecule has 0 bridgehead atoms. The van der Waals surface area contributed by atoms with Gasteiger partial charge in [0.15, 0.2) is 11.4 Å². The Morgan fingerprint density at radius 1 is 0.417 bits per heavy atom. The summed E-state index contributed by atoms with van der Waals surface area (Å²) in [4.78, 5) is 0. The summed E-state index contributed by atoms with van der Waals surface area (Å²) in [5, 5.41) is 8.55. The summed E-state index contributed by atoms with van der Waals surface area (Å²) in [6, 6.07) is 48.3. The highest BCUT2D eigenvalue weighted by atomic mass is 15.6. The van der Waals surface area contributed by atoms with Crippen LogP contribution in [0.1, 0.15) is 11.1 Å². The van der Waals surface area contributed by atoms with Crippen molar-refractivity contribution in [2.75, 3.05) is 5.01 Å². The van der Waals surface area contributed by atoms with Crippen LogP contribution in [-0.4, -0.2) is 0 Å². The molecule has 6 aromatic carbocycles. The summed E-state index contributed by atoms with van der Waals surface area (Å²) in [6.07, 6.45) is 0. The van der Waals surface area contributed by atoms with E-state index >= 15 is 0 Å². The molecular weight excluding hydrogens is 436 g/mol. The average Bonchev–Trinajstić information content (AvgIpc) is 2.93. The van der Waals surface area contributed by atoms with E-state index in [1.165, 1.54) is 49.1 Å². The zero-order valence-corrected chi connectivity index (χ0v) is 20.6. The van der Waals surface area contributed by atoms with Crippen LogP contribution in [0.4, 0.5) is 22.7 Å². The van der Waals surface area contributed by atoms with Crippen molar-refractivity contribution in [2.45, 2.75) is 13.8 Å². The maximum Gasteiger partial charge on any atom is 0.169 e. The minimum atomic E-state index is 1.14. The summed E-state index contributed by atoms with van der Waals surface area (Å²) in [5.74, 6) is 0. The third-order valence-electron chi connectivity index (χ3n) is 6.90. The van der Waals surface area contributed by atoms with Crippen LogP contribution in [-0.2, 0) is 0 Å². The van der Waals surface area contributed by atoms with E-state index in [-0.39, 0.29) is 0 Å². The predicted octanol–water partition coefficient (Wildman–Crippen LogP) is 8.21. The number of hydrogen-bond donors (Lipinski definition) is 1. The third kappa shape index (κ3) is 4.02. The van der Waals surface area contributed by atoms with E-state index in [0.29, 0.717) is 0 Å². The van der Waals surface area contributed by atoms with Crippen LogP contribution in [0.3, 0.4) is 0 Å². The van der Waals surface area contributed by atoms with Crippen LogP contribution in [0.15, 0.2) is 133 Å². The normalized spacial score (nSPS) is 11.3. The molecule has 0 radical (unpaired) electrons. The Hall–Kier alpha value is -4.40. The fourth-order valence-corrected chi connectivity index (χ4v) is 5.04. The summed E-state index contributed by atoms with van der Waals surface area (Å²) >= 11 is 0. The van der Waals surface area contributed by atoms with Crippen LogP contribution in [0.5, 0.6) is 0 Å². The van der Waals surface area contributed by atoms with Crippen LogP contribution in [0.2, 0.25) is 0 Å². The first-order valence-electron chi connectivity index (χ1n) is 12.5. The fraction of sp³-hybridized carbons (Fsp3) is 0.0588. The van der Waals surface area contributed by atoms with Gasteiger partial charge in [0.25, 0.3) is 0 Å². The molecule has 0 unspecified atom stereocenters. The van der Waals surface area contributed by atoms with Crippen LogP contribution in [0.25, 0.3) is 21.5 Å². The van der Waals surface area contributed by atoms with Crippen LogP contribution >= 0.6 is 0 Å². The zero-order chi connectivity index (χ0) is 24.5. The van der Waals surface area contributed by atoms with Crippen molar-refractivity contribution in [2.24, 2.45) is 0 Å². The molecule has 6 rings (SSSR count). The number of hydrogen-bond acceptors (Lipinski definition) is 1. The topological polar surface area (TPSA) is 7.68 Å². The van der Waals surface area contributed by atoms with Crippen molar-refractivity contribution in [3.63, 3.8) is 0 Å². The Bertz CT molecular complexity index is 1510. The first kappa shape index (κ1) is 22.1. The van der Waals surface area contributed by atoms with Gasteiger partial charge >= 0.3 is 0 Å². The lowest BCUT2D eigenvalue weighted by Gasteiger charge is -2.33. The molecule has 0 aliphatic rings. The number of anilines is 2. The molecule has 36 heavy (non-hydrogen) atoms. The Morgan fingerprint density at radius 3 is 1.25 bits per heavy atom. The molecule has 0 atom stereocenters. The monoisotopic (exact) mass is 465 g/mol. The van der Waals surface area contributed by atoms with Gasteiger partial charge in [-0.25, -0.2) is 0 Å². The summed E-state index contributed by atoms with van der Waals surface area (Å²) < 4.78 is 0. The lowest BCUT2D eigenvalue weighted by molar-refractivity contribution is -0.761. The Labute approximate surface area is 212 Å².